The lowest BCUT2D eigenvalue weighted by Crippen LogP contribution is -2.31. The molecule has 0 spiro atoms. The first-order valence-corrected chi connectivity index (χ1v) is 4.65. The summed E-state index contributed by atoms with van der Waals surface area (Å²) in [5.74, 6) is 0.148. The Kier molecular flexibility index (Phi) is 3.24. The summed E-state index contributed by atoms with van der Waals surface area (Å²) in [6.45, 7) is 0. The van der Waals surface area contributed by atoms with Crippen molar-refractivity contribution in [2.45, 2.75) is 5.00 Å². The summed E-state index contributed by atoms with van der Waals surface area (Å²) in [5.41, 5.74) is 6.41. The predicted molar refractivity (Wildman–Crippen MR) is 53.9 cm³/mol. The molecule has 0 aliphatic rings. The molecule has 66 valence electrons. The van der Waals surface area contributed by atoms with Gasteiger partial charge in [-0.05, 0) is 17.7 Å². The van der Waals surface area contributed by atoms with Crippen molar-refractivity contribution in [3.05, 3.63) is 34.9 Å². The highest BCUT2D eigenvalue weighted by Gasteiger charge is 2.22. The van der Waals surface area contributed by atoms with Crippen LogP contribution in [0.2, 0.25) is 5.02 Å². The van der Waals surface area contributed by atoms with E-state index >= 15 is 0 Å². The van der Waals surface area contributed by atoms with Crippen LogP contribution < -0.4 is 5.73 Å². The number of halogens is 3. The Morgan fingerprint density at radius 2 is 2.08 bits per heavy atom. The molecule has 0 radical (unpaired) electrons. The van der Waals surface area contributed by atoms with E-state index in [1.165, 1.54) is 0 Å². The Labute approximate surface area is 86.4 Å². The minimum Gasteiger partial charge on any atom is -0.308 e. The van der Waals surface area contributed by atoms with Crippen LogP contribution in [0, 0.1) is 0 Å². The quantitative estimate of drug-likeness (QED) is 0.607. The first-order chi connectivity index (χ1) is 5.56. The van der Waals surface area contributed by atoms with Gasteiger partial charge in [-0.25, -0.2) is 0 Å². The summed E-state index contributed by atoms with van der Waals surface area (Å²) in [6, 6.07) is 7.04. The van der Waals surface area contributed by atoms with Gasteiger partial charge in [-0.3, -0.25) is 0 Å². The molecule has 0 amide bonds. The zero-order valence-electron chi connectivity index (χ0n) is 6.23. The van der Waals surface area contributed by atoms with Gasteiger partial charge in [0.2, 0.25) is 0 Å². The van der Waals surface area contributed by atoms with Gasteiger partial charge in [-0.15, -0.1) is 11.6 Å². The molecule has 0 heterocycles. The van der Waals surface area contributed by atoms with Crippen molar-refractivity contribution in [2.75, 3.05) is 5.88 Å². The molecule has 0 aliphatic carbocycles. The van der Waals surface area contributed by atoms with Gasteiger partial charge < -0.3 is 5.73 Å². The zero-order valence-corrected chi connectivity index (χ0v) is 8.50. The summed E-state index contributed by atoms with van der Waals surface area (Å²) >= 11 is 17.2. The van der Waals surface area contributed by atoms with Crippen molar-refractivity contribution in [1.29, 1.82) is 0 Å². The number of alkyl halides is 2. The van der Waals surface area contributed by atoms with Crippen LogP contribution in [0.15, 0.2) is 24.3 Å². The molecule has 0 aromatic heterocycles. The highest BCUT2D eigenvalue weighted by molar-refractivity contribution is 6.32. The lowest BCUT2D eigenvalue weighted by molar-refractivity contribution is 0.729. The van der Waals surface area contributed by atoms with Crippen molar-refractivity contribution in [3.63, 3.8) is 0 Å². The third-order valence-electron chi connectivity index (χ3n) is 1.50. The highest BCUT2D eigenvalue weighted by atomic mass is 35.5. The van der Waals surface area contributed by atoms with E-state index in [0.717, 1.165) is 5.56 Å². The molecular weight excluding hydrogens is 216 g/mol. The second kappa shape index (κ2) is 3.84. The molecule has 0 aliphatic heterocycles. The summed E-state index contributed by atoms with van der Waals surface area (Å²) in [7, 11) is 0. The Morgan fingerprint density at radius 3 is 2.58 bits per heavy atom. The predicted octanol–water partition coefficient (Wildman–Crippen LogP) is 2.93. The average Bonchev–Trinajstić information content (AvgIpc) is 2.05. The third kappa shape index (κ3) is 2.27. The fourth-order valence-corrected chi connectivity index (χ4v) is 1.29. The summed E-state index contributed by atoms with van der Waals surface area (Å²) in [4.78, 5) is -1.02. The molecular formula is C8H8Cl3N. The molecule has 12 heavy (non-hydrogen) atoms. The average molecular weight is 225 g/mol. The van der Waals surface area contributed by atoms with Gasteiger partial charge in [0.05, 0.1) is 5.88 Å². The van der Waals surface area contributed by atoms with Crippen molar-refractivity contribution >= 4 is 34.8 Å². The van der Waals surface area contributed by atoms with Crippen LogP contribution >= 0.6 is 34.8 Å². The van der Waals surface area contributed by atoms with Crippen LogP contribution in [0.3, 0.4) is 0 Å². The highest BCUT2D eigenvalue weighted by Crippen LogP contribution is 2.26. The molecule has 1 rings (SSSR count). The van der Waals surface area contributed by atoms with Gasteiger partial charge in [0, 0.05) is 5.02 Å². The molecule has 1 nitrogen and oxygen atoms in total. The van der Waals surface area contributed by atoms with Crippen molar-refractivity contribution in [2.24, 2.45) is 5.73 Å². The second-order valence-electron chi connectivity index (χ2n) is 2.51. The molecule has 0 saturated carbocycles. The molecule has 1 aromatic carbocycles. The summed E-state index contributed by atoms with van der Waals surface area (Å²) < 4.78 is 0. The Hall–Kier alpha value is 0.0500. The molecule has 1 atom stereocenters. The van der Waals surface area contributed by atoms with E-state index in [9.17, 15) is 0 Å². The molecule has 2 N–H and O–H groups in total. The molecule has 0 bridgehead atoms. The number of nitrogens with two attached hydrogens (primary N) is 1. The van der Waals surface area contributed by atoms with E-state index < -0.39 is 5.00 Å². The molecule has 0 fully saturated rings. The zero-order chi connectivity index (χ0) is 9.19. The Morgan fingerprint density at radius 1 is 1.42 bits per heavy atom. The molecule has 0 saturated heterocycles. The number of benzene rings is 1. The van der Waals surface area contributed by atoms with E-state index in [4.69, 9.17) is 40.5 Å². The van der Waals surface area contributed by atoms with Crippen molar-refractivity contribution in [3.8, 4) is 0 Å². The Balaban J connectivity index is 3.03. The third-order valence-corrected chi connectivity index (χ3v) is 2.64. The Bertz CT molecular complexity index is 273. The molecule has 1 unspecified atom stereocenters. The topological polar surface area (TPSA) is 26.0 Å². The van der Waals surface area contributed by atoms with Crippen LogP contribution in [-0.2, 0) is 5.00 Å². The van der Waals surface area contributed by atoms with Crippen LogP contribution in [0.25, 0.3) is 0 Å². The largest absolute Gasteiger partial charge is 0.308 e. The van der Waals surface area contributed by atoms with E-state index in [1.54, 1.807) is 24.3 Å². The van der Waals surface area contributed by atoms with Gasteiger partial charge in [-0.2, -0.15) is 0 Å². The van der Waals surface area contributed by atoms with E-state index in [1.807, 2.05) is 0 Å². The van der Waals surface area contributed by atoms with Gasteiger partial charge in [0.15, 0.2) is 0 Å². The fraction of sp³-hybridized carbons (Fsp3) is 0.250. The van der Waals surface area contributed by atoms with E-state index in [2.05, 4.69) is 0 Å². The SMILES string of the molecule is NC(Cl)(CCl)c1cccc(Cl)c1. The normalized spacial score (nSPS) is 15.7. The van der Waals surface area contributed by atoms with E-state index in [-0.39, 0.29) is 5.88 Å². The number of hydrogen-bond acceptors (Lipinski definition) is 1. The van der Waals surface area contributed by atoms with E-state index in [0.29, 0.717) is 5.02 Å². The van der Waals surface area contributed by atoms with Crippen molar-refractivity contribution in [1.82, 2.24) is 0 Å². The second-order valence-corrected chi connectivity index (χ2v) is 3.88. The summed E-state index contributed by atoms with van der Waals surface area (Å²) in [5, 5.41) is 0.605. The molecule has 1 aromatic rings. The first-order valence-electron chi connectivity index (χ1n) is 3.36. The first kappa shape index (κ1) is 10.1. The lowest BCUT2D eigenvalue weighted by atomic mass is 10.1. The van der Waals surface area contributed by atoms with Crippen LogP contribution in [0.4, 0.5) is 0 Å². The maximum Gasteiger partial charge on any atom is 0.130 e. The number of hydrogen-bond donors (Lipinski definition) is 1. The standard InChI is InChI=1S/C8H8Cl3N/c9-5-8(11,12)6-2-1-3-7(10)4-6/h1-4H,5,12H2. The molecule has 4 heteroatoms. The minimum atomic E-state index is -1.02. The maximum atomic E-state index is 5.91. The minimum absolute atomic E-state index is 0.148. The van der Waals surface area contributed by atoms with Gasteiger partial charge >= 0.3 is 0 Å². The van der Waals surface area contributed by atoms with Gasteiger partial charge in [0.1, 0.15) is 5.00 Å². The number of rotatable bonds is 2. The van der Waals surface area contributed by atoms with Crippen LogP contribution in [0.5, 0.6) is 0 Å². The fourth-order valence-electron chi connectivity index (χ4n) is 0.824. The van der Waals surface area contributed by atoms with Gasteiger partial charge in [-0.1, -0.05) is 35.3 Å². The maximum absolute atomic E-state index is 5.91. The van der Waals surface area contributed by atoms with Crippen molar-refractivity contribution < 1.29 is 0 Å². The lowest BCUT2D eigenvalue weighted by Gasteiger charge is -2.18. The van der Waals surface area contributed by atoms with Gasteiger partial charge in [0.25, 0.3) is 0 Å². The monoisotopic (exact) mass is 223 g/mol. The summed E-state index contributed by atoms with van der Waals surface area (Å²) in [6.07, 6.45) is 0. The van der Waals surface area contributed by atoms with Crippen LogP contribution in [-0.4, -0.2) is 5.88 Å². The smallest absolute Gasteiger partial charge is 0.130 e. The van der Waals surface area contributed by atoms with Crippen LogP contribution in [0.1, 0.15) is 5.56 Å².